The van der Waals surface area contributed by atoms with Crippen LogP contribution in [0, 0.1) is 13.8 Å². The third-order valence-electron chi connectivity index (χ3n) is 5.20. The summed E-state index contributed by atoms with van der Waals surface area (Å²) in [5.74, 6) is 0.263. The van der Waals surface area contributed by atoms with Crippen molar-refractivity contribution in [1.82, 2.24) is 20.0 Å². The summed E-state index contributed by atoms with van der Waals surface area (Å²) in [6, 6.07) is 10.5. The first-order valence-electron chi connectivity index (χ1n) is 9.14. The highest BCUT2D eigenvalue weighted by molar-refractivity contribution is 5.77. The fraction of sp³-hybridized carbons (Fsp3) is 0.500. The molecule has 5 heteroatoms. The summed E-state index contributed by atoms with van der Waals surface area (Å²) < 4.78 is 0. The first-order valence-corrected chi connectivity index (χ1v) is 9.14. The van der Waals surface area contributed by atoms with E-state index in [2.05, 4.69) is 46.0 Å². The lowest BCUT2D eigenvalue weighted by Gasteiger charge is -2.31. The number of aromatic nitrogens is 2. The number of carbonyl (C=O) groups is 1. The Balaban J connectivity index is 1.74. The van der Waals surface area contributed by atoms with Crippen LogP contribution in [0.2, 0.25) is 0 Å². The maximum Gasteiger partial charge on any atom is 0.224 e. The predicted octanol–water partition coefficient (Wildman–Crippen LogP) is 3.04. The van der Waals surface area contributed by atoms with E-state index in [-0.39, 0.29) is 11.9 Å². The van der Waals surface area contributed by atoms with Gasteiger partial charge in [-0.2, -0.15) is 5.10 Å². The molecule has 0 aliphatic carbocycles. The molecule has 1 atom stereocenters. The maximum absolute atomic E-state index is 12.8. The van der Waals surface area contributed by atoms with Gasteiger partial charge in [-0.15, -0.1) is 0 Å². The summed E-state index contributed by atoms with van der Waals surface area (Å²) in [6.45, 7) is 9.57. The third-order valence-corrected chi connectivity index (χ3v) is 5.20. The molecule has 0 saturated carbocycles. The molecule has 0 unspecified atom stereocenters. The van der Waals surface area contributed by atoms with Gasteiger partial charge in [0.2, 0.25) is 5.91 Å². The Kier molecular flexibility index (Phi) is 5.53. The molecule has 2 heterocycles. The molecule has 0 spiro atoms. The summed E-state index contributed by atoms with van der Waals surface area (Å²) in [7, 11) is 0. The monoisotopic (exact) mass is 340 g/mol. The number of nitrogens with zero attached hydrogens (tertiary/aromatic N) is 3. The Morgan fingerprint density at radius 2 is 1.96 bits per heavy atom. The van der Waals surface area contributed by atoms with E-state index in [1.54, 1.807) is 0 Å². The molecule has 3 rings (SSSR count). The quantitative estimate of drug-likeness (QED) is 0.910. The fourth-order valence-electron chi connectivity index (χ4n) is 3.61. The van der Waals surface area contributed by atoms with Crippen molar-refractivity contribution in [2.45, 2.75) is 52.7 Å². The average molecular weight is 340 g/mol. The van der Waals surface area contributed by atoms with Crippen LogP contribution in [-0.4, -0.2) is 45.0 Å². The highest BCUT2D eigenvalue weighted by Gasteiger charge is 2.29. The highest BCUT2D eigenvalue weighted by atomic mass is 16.2. The summed E-state index contributed by atoms with van der Waals surface area (Å²) in [5.41, 5.74) is 4.65. The Labute approximate surface area is 150 Å². The molecule has 0 radical (unpaired) electrons. The zero-order chi connectivity index (χ0) is 17.8. The number of hydrogen-bond donors (Lipinski definition) is 1. The summed E-state index contributed by atoms with van der Waals surface area (Å²) in [6.07, 6.45) is 1.55. The van der Waals surface area contributed by atoms with Gasteiger partial charge < -0.3 is 4.90 Å². The standard InChI is InChI=1S/C20H28N4O/c1-4-18-13-23(14-19-15(2)21-22-16(19)3)11-10-20(25)24(18)12-17-8-6-5-7-9-17/h5-9,18H,4,10-14H2,1-3H3,(H,21,22)/t18-/m0/s1. The van der Waals surface area contributed by atoms with Gasteiger partial charge in [-0.25, -0.2) is 0 Å². The van der Waals surface area contributed by atoms with Crippen LogP contribution in [-0.2, 0) is 17.9 Å². The largest absolute Gasteiger partial charge is 0.334 e. The van der Waals surface area contributed by atoms with Gasteiger partial charge >= 0.3 is 0 Å². The number of carbonyl (C=O) groups excluding carboxylic acids is 1. The van der Waals surface area contributed by atoms with Crippen LogP contribution in [0.5, 0.6) is 0 Å². The molecule has 1 aliphatic heterocycles. The Hall–Kier alpha value is -2.14. The summed E-state index contributed by atoms with van der Waals surface area (Å²) >= 11 is 0. The molecule has 1 N–H and O–H groups in total. The molecule has 1 aliphatic rings. The van der Waals surface area contributed by atoms with Crippen molar-refractivity contribution in [1.29, 1.82) is 0 Å². The number of rotatable bonds is 5. The van der Waals surface area contributed by atoms with Crippen molar-refractivity contribution in [3.63, 3.8) is 0 Å². The SMILES string of the molecule is CC[C@H]1CN(Cc2c(C)n[nH]c2C)CCC(=O)N1Cc1ccccc1. The van der Waals surface area contributed by atoms with Gasteiger partial charge in [0.25, 0.3) is 0 Å². The van der Waals surface area contributed by atoms with E-state index in [1.807, 2.05) is 25.1 Å². The molecule has 25 heavy (non-hydrogen) atoms. The van der Waals surface area contributed by atoms with Crippen LogP contribution in [0.4, 0.5) is 0 Å². The Morgan fingerprint density at radius 3 is 2.60 bits per heavy atom. The van der Waals surface area contributed by atoms with Crippen LogP contribution in [0.1, 0.15) is 42.3 Å². The van der Waals surface area contributed by atoms with Crippen molar-refractivity contribution in [3.05, 3.63) is 52.8 Å². The molecule has 5 nitrogen and oxygen atoms in total. The topological polar surface area (TPSA) is 52.2 Å². The molecule has 0 bridgehead atoms. The lowest BCUT2D eigenvalue weighted by molar-refractivity contribution is -0.133. The molecule has 134 valence electrons. The molecule has 1 fully saturated rings. The zero-order valence-electron chi connectivity index (χ0n) is 15.5. The van der Waals surface area contributed by atoms with Crippen molar-refractivity contribution in [2.75, 3.05) is 13.1 Å². The Bertz CT molecular complexity index is 690. The van der Waals surface area contributed by atoms with Crippen LogP contribution in [0.25, 0.3) is 0 Å². The van der Waals surface area contributed by atoms with Gasteiger partial charge in [0.15, 0.2) is 0 Å². The lowest BCUT2D eigenvalue weighted by atomic mass is 10.1. The average Bonchev–Trinajstić information content (AvgIpc) is 2.85. The number of aromatic amines is 1. The van der Waals surface area contributed by atoms with E-state index in [1.165, 1.54) is 11.1 Å². The van der Waals surface area contributed by atoms with E-state index < -0.39 is 0 Å². The number of benzene rings is 1. The first kappa shape index (κ1) is 17.7. The number of aryl methyl sites for hydroxylation is 2. The third kappa shape index (κ3) is 4.10. The summed E-state index contributed by atoms with van der Waals surface area (Å²) in [5, 5.41) is 7.36. The van der Waals surface area contributed by atoms with Crippen molar-refractivity contribution >= 4 is 5.91 Å². The van der Waals surface area contributed by atoms with Crippen LogP contribution in [0.3, 0.4) is 0 Å². The summed E-state index contributed by atoms with van der Waals surface area (Å²) in [4.78, 5) is 17.2. The predicted molar refractivity (Wildman–Crippen MR) is 99.0 cm³/mol. The number of hydrogen-bond acceptors (Lipinski definition) is 3. The van der Waals surface area contributed by atoms with Gasteiger partial charge in [-0.1, -0.05) is 37.3 Å². The van der Waals surface area contributed by atoms with Crippen LogP contribution < -0.4 is 0 Å². The Morgan fingerprint density at radius 1 is 1.20 bits per heavy atom. The minimum atomic E-state index is 0.253. The molecular weight excluding hydrogens is 312 g/mol. The second-order valence-electron chi connectivity index (χ2n) is 6.97. The van der Waals surface area contributed by atoms with Crippen LogP contribution >= 0.6 is 0 Å². The fourth-order valence-corrected chi connectivity index (χ4v) is 3.61. The zero-order valence-corrected chi connectivity index (χ0v) is 15.5. The van der Waals surface area contributed by atoms with Crippen molar-refractivity contribution in [2.24, 2.45) is 0 Å². The van der Waals surface area contributed by atoms with E-state index in [4.69, 9.17) is 0 Å². The van der Waals surface area contributed by atoms with E-state index in [0.717, 1.165) is 37.4 Å². The molecule has 1 saturated heterocycles. The number of H-pyrrole nitrogens is 1. The van der Waals surface area contributed by atoms with Gasteiger partial charge in [-0.3, -0.25) is 14.8 Å². The van der Waals surface area contributed by atoms with Crippen molar-refractivity contribution < 1.29 is 4.79 Å². The van der Waals surface area contributed by atoms with Gasteiger partial charge in [0.1, 0.15) is 0 Å². The molecule has 1 aromatic heterocycles. The smallest absolute Gasteiger partial charge is 0.224 e. The minimum absolute atomic E-state index is 0.253. The normalized spacial score (nSPS) is 19.2. The second-order valence-corrected chi connectivity index (χ2v) is 6.97. The highest BCUT2D eigenvalue weighted by Crippen LogP contribution is 2.20. The second kappa shape index (κ2) is 7.83. The molecule has 1 amide bonds. The maximum atomic E-state index is 12.8. The van der Waals surface area contributed by atoms with Gasteiger partial charge in [-0.05, 0) is 25.8 Å². The minimum Gasteiger partial charge on any atom is -0.334 e. The van der Waals surface area contributed by atoms with E-state index in [0.29, 0.717) is 13.0 Å². The van der Waals surface area contributed by atoms with E-state index >= 15 is 0 Å². The van der Waals surface area contributed by atoms with E-state index in [9.17, 15) is 4.79 Å². The number of nitrogens with one attached hydrogen (secondary N) is 1. The molecular formula is C20H28N4O. The first-order chi connectivity index (χ1) is 12.1. The van der Waals surface area contributed by atoms with Crippen molar-refractivity contribution in [3.8, 4) is 0 Å². The number of amides is 1. The van der Waals surface area contributed by atoms with Gasteiger partial charge in [0, 0.05) is 49.9 Å². The van der Waals surface area contributed by atoms with Crippen LogP contribution in [0.15, 0.2) is 30.3 Å². The lowest BCUT2D eigenvalue weighted by Crippen LogP contribution is -2.42. The molecule has 1 aromatic carbocycles. The molecule has 2 aromatic rings. The van der Waals surface area contributed by atoms with Gasteiger partial charge in [0.05, 0.1) is 5.69 Å².